The molecule has 0 aliphatic carbocycles. The number of rotatable bonds is 11. The first-order valence-electron chi connectivity index (χ1n) is 11.6. The molecule has 0 spiro atoms. The normalized spacial score (nSPS) is 13.8. The van der Waals surface area contributed by atoms with Gasteiger partial charge in [-0.3, -0.25) is 0 Å². The van der Waals surface area contributed by atoms with E-state index < -0.39 is 44.3 Å². The zero-order valence-electron chi connectivity index (χ0n) is 19.9. The Balaban J connectivity index is 1.39. The molecule has 196 valence electrons. The number of nitrogens with zero attached hydrogens (tertiary/aromatic N) is 1. The van der Waals surface area contributed by atoms with Crippen molar-refractivity contribution in [3.05, 3.63) is 92.2 Å². The second-order valence-corrected chi connectivity index (χ2v) is 10.7. The van der Waals surface area contributed by atoms with E-state index in [4.69, 9.17) is 18.5 Å². The van der Waals surface area contributed by atoms with Crippen molar-refractivity contribution in [3.8, 4) is 0 Å². The van der Waals surface area contributed by atoms with Gasteiger partial charge in [0.05, 0.1) is 0 Å². The van der Waals surface area contributed by atoms with Gasteiger partial charge in [0.25, 0.3) is 0 Å². The molecule has 1 aliphatic rings. The van der Waals surface area contributed by atoms with Gasteiger partial charge in [-0.2, -0.15) is 0 Å². The molecule has 11 nitrogen and oxygen atoms in total. The van der Waals surface area contributed by atoms with Gasteiger partial charge >= 0.3 is 213 Å². The van der Waals surface area contributed by atoms with Crippen LogP contribution >= 0.6 is 7.94 Å². The molecule has 12 heteroatoms. The van der Waals surface area contributed by atoms with Gasteiger partial charge in [-0.15, -0.1) is 0 Å². The number of nitrogens with one attached hydrogen (secondary N) is 1. The molecular formula is C25H27N2O9P. The third-order valence-electron chi connectivity index (χ3n) is 5.77. The number of fused-ring (bicyclic) bond motifs is 1. The van der Waals surface area contributed by atoms with Crippen LogP contribution in [0.15, 0.2) is 70.3 Å². The van der Waals surface area contributed by atoms with Crippen molar-refractivity contribution in [1.29, 1.82) is 0 Å². The Morgan fingerprint density at radius 3 is 1.95 bits per heavy atom. The van der Waals surface area contributed by atoms with Crippen molar-refractivity contribution < 1.29 is 33.0 Å². The topological polar surface area (TPSA) is 141 Å². The number of carbonyl (C=O) groups excluding carboxylic acids is 2. The molecule has 0 bridgehead atoms. The third-order valence-corrected chi connectivity index (χ3v) is 7.77. The van der Waals surface area contributed by atoms with Crippen LogP contribution in [0.4, 0.5) is 11.4 Å². The van der Waals surface area contributed by atoms with E-state index in [-0.39, 0.29) is 24.1 Å². The van der Waals surface area contributed by atoms with Crippen LogP contribution in [0.1, 0.15) is 27.1 Å². The van der Waals surface area contributed by atoms with Crippen LogP contribution in [-0.4, -0.2) is 56.2 Å². The molecule has 0 saturated carbocycles. The first kappa shape index (κ1) is 26.4. The zero-order chi connectivity index (χ0) is 26.3. The maximum absolute atomic E-state index is 12.2. The molecule has 0 saturated heterocycles. The fourth-order valence-corrected chi connectivity index (χ4v) is 5.20. The minimum absolute atomic E-state index is 0.0863. The molecule has 3 aromatic carbocycles. The summed E-state index contributed by atoms with van der Waals surface area (Å²) in [6.45, 7) is -0.0667. The second kappa shape index (κ2) is 12.1. The maximum atomic E-state index is 12.2. The summed E-state index contributed by atoms with van der Waals surface area (Å²) in [5.41, 5.74) is -0.0157. The van der Waals surface area contributed by atoms with E-state index >= 15 is 0 Å². The van der Waals surface area contributed by atoms with Gasteiger partial charge in [0.15, 0.2) is 0 Å². The Morgan fingerprint density at radius 2 is 1.41 bits per heavy atom. The number of benzene rings is 2. The molecule has 0 radical (unpaired) electrons. The molecule has 1 aliphatic heterocycles. The van der Waals surface area contributed by atoms with Gasteiger partial charge in [-0.1, -0.05) is 0 Å². The van der Waals surface area contributed by atoms with Gasteiger partial charge < -0.3 is 0 Å². The molecule has 0 amide bonds. The average molecular weight is 530 g/mol. The van der Waals surface area contributed by atoms with Crippen molar-refractivity contribution in [3.63, 3.8) is 0 Å². The molecule has 0 fully saturated rings. The van der Waals surface area contributed by atoms with E-state index in [0.29, 0.717) is 30.6 Å². The average Bonchev–Trinajstić information content (AvgIpc) is 3.13. The summed E-state index contributed by atoms with van der Waals surface area (Å²) in [7, 11) is -4.09. The standard InChI is InChI=1S/C25H27N2O9P/c28-22-20-21(23(22)29)27(13-7-12-26-20)14-15-37(32,35-16-33-24(30)18-8-3-1-4-9-18)36-17-34-25(31)19-10-5-2-6-11-19/h1-6,8-11,26,32,37H,7,12-17H2. The van der Waals surface area contributed by atoms with Crippen molar-refractivity contribution >= 4 is 31.3 Å². The van der Waals surface area contributed by atoms with Gasteiger partial charge in [0.1, 0.15) is 0 Å². The third kappa shape index (κ3) is 6.58. The number of hydrogen-bond acceptors (Lipinski definition) is 11. The fourth-order valence-electron chi connectivity index (χ4n) is 3.79. The monoisotopic (exact) mass is 530 g/mol. The van der Waals surface area contributed by atoms with E-state index in [9.17, 15) is 24.1 Å². The minimum atomic E-state index is -4.09. The van der Waals surface area contributed by atoms with E-state index in [1.807, 2.05) is 0 Å². The Morgan fingerprint density at radius 1 is 0.865 bits per heavy atom. The van der Waals surface area contributed by atoms with E-state index in [1.54, 1.807) is 65.6 Å². The number of ether oxygens (including phenoxy) is 2. The van der Waals surface area contributed by atoms with Crippen LogP contribution in [0.5, 0.6) is 0 Å². The van der Waals surface area contributed by atoms with E-state index in [2.05, 4.69) is 5.32 Å². The Labute approximate surface area is 212 Å². The number of anilines is 2. The van der Waals surface area contributed by atoms with Crippen LogP contribution < -0.4 is 21.1 Å². The molecule has 3 aromatic rings. The molecular weight excluding hydrogens is 503 g/mol. The predicted molar refractivity (Wildman–Crippen MR) is 138 cm³/mol. The number of esters is 2. The Bertz CT molecular complexity index is 1240. The second-order valence-electron chi connectivity index (χ2n) is 8.23. The molecule has 4 rings (SSSR count). The number of carbonyl (C=O) groups is 2. The summed E-state index contributed by atoms with van der Waals surface area (Å²) in [5.74, 6) is -1.31. The molecule has 2 N–H and O–H groups in total. The summed E-state index contributed by atoms with van der Waals surface area (Å²) in [5, 5.41) is 2.95. The number of hydrogen-bond donors (Lipinski definition) is 2. The first-order valence-corrected chi connectivity index (χ1v) is 13.6. The Kier molecular flexibility index (Phi) is 8.62. The van der Waals surface area contributed by atoms with Gasteiger partial charge in [-0.25, -0.2) is 0 Å². The van der Waals surface area contributed by atoms with Gasteiger partial charge in [0.2, 0.25) is 0 Å². The van der Waals surface area contributed by atoms with Crippen molar-refractivity contribution in [2.75, 3.05) is 49.6 Å². The summed E-state index contributed by atoms with van der Waals surface area (Å²) < 4.78 is 21.2. The summed E-state index contributed by atoms with van der Waals surface area (Å²) in [6, 6.07) is 16.5. The molecule has 0 atom stereocenters. The summed E-state index contributed by atoms with van der Waals surface area (Å²) >= 11 is 0. The molecule has 0 unspecified atom stereocenters. The molecule has 0 aromatic heterocycles. The van der Waals surface area contributed by atoms with Gasteiger partial charge in [-0.05, 0) is 0 Å². The predicted octanol–water partition coefficient (Wildman–Crippen LogP) is 2.05. The first-order chi connectivity index (χ1) is 17.9. The van der Waals surface area contributed by atoms with Crippen molar-refractivity contribution in [1.82, 2.24) is 0 Å². The van der Waals surface area contributed by atoms with Crippen LogP contribution in [0.3, 0.4) is 0 Å². The van der Waals surface area contributed by atoms with Crippen LogP contribution in [0.2, 0.25) is 0 Å². The SMILES string of the molecule is O=C(OCO[PH](O)(CCN1CCCNc2c1c(=O)c2=O)OCOC(=O)c1ccccc1)c1ccccc1. The van der Waals surface area contributed by atoms with Crippen LogP contribution in [0.25, 0.3) is 0 Å². The quantitative estimate of drug-likeness (QED) is 0.163. The van der Waals surface area contributed by atoms with E-state index in [0.717, 1.165) is 0 Å². The van der Waals surface area contributed by atoms with Crippen molar-refractivity contribution in [2.45, 2.75) is 6.42 Å². The van der Waals surface area contributed by atoms with Crippen LogP contribution in [-0.2, 0) is 18.5 Å². The van der Waals surface area contributed by atoms with Crippen LogP contribution in [0, 0.1) is 0 Å². The Hall–Kier alpha value is -3.63. The fraction of sp³-hybridized carbons (Fsp3) is 0.280. The van der Waals surface area contributed by atoms with Gasteiger partial charge in [0, 0.05) is 0 Å². The summed E-state index contributed by atoms with van der Waals surface area (Å²) in [6.07, 6.45) is 0.579. The van der Waals surface area contributed by atoms with Crippen molar-refractivity contribution in [2.24, 2.45) is 0 Å². The molecule has 1 heterocycles. The summed E-state index contributed by atoms with van der Waals surface area (Å²) in [4.78, 5) is 61.3. The zero-order valence-corrected chi connectivity index (χ0v) is 20.9. The van der Waals surface area contributed by atoms with E-state index in [1.165, 1.54) is 0 Å². The molecule has 37 heavy (non-hydrogen) atoms.